The van der Waals surface area contributed by atoms with Crippen molar-refractivity contribution < 1.29 is 9.90 Å². The van der Waals surface area contributed by atoms with Gasteiger partial charge in [0.1, 0.15) is 5.75 Å². The van der Waals surface area contributed by atoms with Crippen molar-refractivity contribution in [1.29, 1.82) is 0 Å². The lowest BCUT2D eigenvalue weighted by molar-refractivity contribution is -0.119. The van der Waals surface area contributed by atoms with Crippen molar-refractivity contribution >= 4 is 11.6 Å². The Morgan fingerprint density at radius 3 is 3.00 bits per heavy atom. The minimum absolute atomic E-state index is 0.0584. The van der Waals surface area contributed by atoms with Crippen molar-refractivity contribution in [1.82, 2.24) is 5.32 Å². The van der Waals surface area contributed by atoms with E-state index >= 15 is 0 Å². The van der Waals surface area contributed by atoms with Gasteiger partial charge in [-0.1, -0.05) is 6.07 Å². The first-order valence-electron chi connectivity index (χ1n) is 5.48. The Morgan fingerprint density at radius 1 is 1.56 bits per heavy atom. The Bertz CT molecular complexity index is 386. The zero-order valence-corrected chi connectivity index (χ0v) is 9.31. The van der Waals surface area contributed by atoms with Crippen molar-refractivity contribution in [2.24, 2.45) is 0 Å². The lowest BCUT2D eigenvalue weighted by Gasteiger charge is -2.21. The summed E-state index contributed by atoms with van der Waals surface area (Å²) in [6, 6.07) is 6.65. The van der Waals surface area contributed by atoms with Crippen LogP contribution in [0.1, 0.15) is 12.8 Å². The van der Waals surface area contributed by atoms with Crippen molar-refractivity contribution in [3.05, 3.63) is 24.3 Å². The van der Waals surface area contributed by atoms with Gasteiger partial charge in [-0.2, -0.15) is 0 Å². The smallest absolute Gasteiger partial charge is 0.243 e. The Labute approximate surface area is 94.9 Å². The highest BCUT2D eigenvalue weighted by atomic mass is 16.3. The maximum atomic E-state index is 12.0. The third-order valence-corrected chi connectivity index (χ3v) is 2.91. The molecule has 4 nitrogen and oxygen atoms in total. The van der Waals surface area contributed by atoms with E-state index in [1.165, 1.54) is 0 Å². The van der Waals surface area contributed by atoms with Gasteiger partial charge in [0.05, 0.1) is 6.04 Å². The number of anilines is 1. The number of amides is 1. The molecule has 0 radical (unpaired) electrons. The molecule has 16 heavy (non-hydrogen) atoms. The lowest BCUT2D eigenvalue weighted by atomic mass is 10.2. The number of carbonyl (C=O) groups excluding carboxylic acids is 1. The molecule has 0 spiro atoms. The molecule has 1 aromatic carbocycles. The van der Waals surface area contributed by atoms with Crippen molar-refractivity contribution in [2.45, 2.75) is 18.9 Å². The number of nitrogens with zero attached hydrogens (tertiary/aromatic N) is 1. The Balaban J connectivity index is 2.11. The fourth-order valence-corrected chi connectivity index (χ4v) is 1.96. The third-order valence-electron chi connectivity index (χ3n) is 2.91. The van der Waals surface area contributed by atoms with E-state index in [1.54, 1.807) is 30.1 Å². The second-order valence-electron chi connectivity index (χ2n) is 4.07. The van der Waals surface area contributed by atoms with E-state index in [9.17, 15) is 9.90 Å². The molecular formula is C12H16N2O2. The van der Waals surface area contributed by atoms with Gasteiger partial charge in [-0.05, 0) is 31.5 Å². The number of nitrogens with one attached hydrogen (secondary N) is 1. The minimum atomic E-state index is -0.0765. The summed E-state index contributed by atoms with van der Waals surface area (Å²) in [7, 11) is 1.73. The summed E-state index contributed by atoms with van der Waals surface area (Å²) in [5, 5.41) is 12.5. The summed E-state index contributed by atoms with van der Waals surface area (Å²) in [4.78, 5) is 13.6. The molecule has 0 aliphatic carbocycles. The number of benzene rings is 1. The monoisotopic (exact) mass is 220 g/mol. The van der Waals surface area contributed by atoms with Gasteiger partial charge in [-0.25, -0.2) is 0 Å². The van der Waals surface area contributed by atoms with E-state index in [2.05, 4.69) is 5.32 Å². The van der Waals surface area contributed by atoms with Crippen LogP contribution < -0.4 is 10.2 Å². The van der Waals surface area contributed by atoms with E-state index in [0.29, 0.717) is 0 Å². The first-order chi connectivity index (χ1) is 7.68. The van der Waals surface area contributed by atoms with Gasteiger partial charge in [0, 0.05) is 18.8 Å². The summed E-state index contributed by atoms with van der Waals surface area (Å²) in [6.45, 7) is 0.907. The molecule has 0 unspecified atom stereocenters. The Morgan fingerprint density at radius 2 is 2.38 bits per heavy atom. The van der Waals surface area contributed by atoms with Gasteiger partial charge < -0.3 is 15.3 Å². The maximum absolute atomic E-state index is 12.0. The largest absolute Gasteiger partial charge is 0.508 e. The van der Waals surface area contributed by atoms with Crippen LogP contribution in [-0.4, -0.2) is 30.6 Å². The van der Waals surface area contributed by atoms with Gasteiger partial charge in [-0.15, -0.1) is 0 Å². The van der Waals surface area contributed by atoms with Crippen molar-refractivity contribution in [3.8, 4) is 5.75 Å². The molecular weight excluding hydrogens is 204 g/mol. The molecule has 1 heterocycles. The van der Waals surface area contributed by atoms with Gasteiger partial charge >= 0.3 is 0 Å². The summed E-state index contributed by atoms with van der Waals surface area (Å²) >= 11 is 0. The molecule has 1 aromatic rings. The van der Waals surface area contributed by atoms with E-state index in [1.807, 2.05) is 6.07 Å². The van der Waals surface area contributed by atoms with Gasteiger partial charge in [0.2, 0.25) is 5.91 Å². The average Bonchev–Trinajstić information content (AvgIpc) is 2.80. The topological polar surface area (TPSA) is 52.6 Å². The van der Waals surface area contributed by atoms with Gasteiger partial charge in [-0.3, -0.25) is 4.79 Å². The number of phenols is 1. The highest BCUT2D eigenvalue weighted by Gasteiger charge is 2.25. The molecule has 0 bridgehead atoms. The molecule has 1 aliphatic rings. The first kappa shape index (κ1) is 11.0. The number of phenolic OH excluding ortho intramolecular Hbond substituents is 1. The van der Waals surface area contributed by atoms with Crippen LogP contribution in [0.5, 0.6) is 5.75 Å². The predicted octanol–water partition coefficient (Wildman–Crippen LogP) is 1.11. The number of rotatable bonds is 2. The van der Waals surface area contributed by atoms with E-state index in [4.69, 9.17) is 0 Å². The van der Waals surface area contributed by atoms with Crippen LogP contribution in [-0.2, 0) is 4.79 Å². The maximum Gasteiger partial charge on any atom is 0.243 e. The van der Waals surface area contributed by atoms with Crippen LogP contribution in [0, 0.1) is 0 Å². The fourth-order valence-electron chi connectivity index (χ4n) is 1.96. The molecule has 1 aliphatic heterocycles. The van der Waals surface area contributed by atoms with Crippen molar-refractivity contribution in [2.75, 3.05) is 18.5 Å². The van der Waals surface area contributed by atoms with Crippen LogP contribution in [0.4, 0.5) is 5.69 Å². The molecule has 1 saturated heterocycles. The van der Waals surface area contributed by atoms with Crippen LogP contribution in [0.15, 0.2) is 24.3 Å². The van der Waals surface area contributed by atoms with E-state index in [-0.39, 0.29) is 17.7 Å². The molecule has 2 rings (SSSR count). The highest BCUT2D eigenvalue weighted by molar-refractivity contribution is 5.97. The number of hydrogen-bond acceptors (Lipinski definition) is 3. The molecule has 2 N–H and O–H groups in total. The molecule has 0 saturated carbocycles. The summed E-state index contributed by atoms with van der Waals surface area (Å²) in [5.74, 6) is 0.236. The summed E-state index contributed by atoms with van der Waals surface area (Å²) < 4.78 is 0. The zero-order chi connectivity index (χ0) is 11.5. The predicted molar refractivity (Wildman–Crippen MR) is 62.5 cm³/mol. The Kier molecular flexibility index (Phi) is 3.10. The SMILES string of the molecule is CN(C(=O)[C@H]1CCCN1)c1cccc(O)c1. The normalized spacial score (nSPS) is 19.7. The van der Waals surface area contributed by atoms with Crippen LogP contribution in [0.25, 0.3) is 0 Å². The van der Waals surface area contributed by atoms with E-state index in [0.717, 1.165) is 25.1 Å². The van der Waals surface area contributed by atoms with E-state index < -0.39 is 0 Å². The molecule has 1 amide bonds. The van der Waals surface area contributed by atoms with Gasteiger partial charge in [0.25, 0.3) is 0 Å². The van der Waals surface area contributed by atoms with Crippen LogP contribution in [0.3, 0.4) is 0 Å². The number of likely N-dealkylation sites (N-methyl/N-ethyl adjacent to an activating group) is 1. The fraction of sp³-hybridized carbons (Fsp3) is 0.417. The second-order valence-corrected chi connectivity index (χ2v) is 4.07. The second kappa shape index (κ2) is 4.53. The molecule has 1 atom stereocenters. The Hall–Kier alpha value is -1.55. The number of hydrogen-bond donors (Lipinski definition) is 2. The lowest BCUT2D eigenvalue weighted by Crippen LogP contribution is -2.41. The van der Waals surface area contributed by atoms with Crippen molar-refractivity contribution in [3.63, 3.8) is 0 Å². The number of carbonyl (C=O) groups is 1. The van der Waals surface area contributed by atoms with Gasteiger partial charge in [0.15, 0.2) is 0 Å². The average molecular weight is 220 g/mol. The van der Waals surface area contributed by atoms with Crippen LogP contribution >= 0.6 is 0 Å². The summed E-state index contributed by atoms with van der Waals surface area (Å²) in [5.41, 5.74) is 0.721. The minimum Gasteiger partial charge on any atom is -0.508 e. The molecule has 1 fully saturated rings. The highest BCUT2D eigenvalue weighted by Crippen LogP contribution is 2.20. The third kappa shape index (κ3) is 2.17. The quantitative estimate of drug-likeness (QED) is 0.785. The molecule has 4 heteroatoms. The van der Waals surface area contributed by atoms with Crippen LogP contribution in [0.2, 0.25) is 0 Å². The number of aromatic hydroxyl groups is 1. The zero-order valence-electron chi connectivity index (χ0n) is 9.31. The molecule has 86 valence electrons. The molecule has 0 aromatic heterocycles. The first-order valence-corrected chi connectivity index (χ1v) is 5.48. The summed E-state index contributed by atoms with van der Waals surface area (Å²) in [6.07, 6.45) is 1.94. The standard InChI is InChI=1S/C12H16N2O2/c1-14(9-4-2-5-10(15)8-9)12(16)11-6-3-7-13-11/h2,4-5,8,11,13,15H,3,6-7H2,1H3/t11-/m1/s1.